The zero-order valence-electron chi connectivity index (χ0n) is 19.0. The average Bonchev–Trinajstić information content (AvgIpc) is 3.34. The molecule has 0 spiro atoms. The number of hydrogen-bond donors (Lipinski definition) is 0. The summed E-state index contributed by atoms with van der Waals surface area (Å²) in [5, 5.41) is 0.787. The van der Waals surface area contributed by atoms with E-state index in [4.69, 9.17) is 9.47 Å². The molecule has 0 aromatic heterocycles. The van der Waals surface area contributed by atoms with Gasteiger partial charge < -0.3 is 14.4 Å². The van der Waals surface area contributed by atoms with Crippen LogP contribution in [-0.2, 0) is 14.3 Å². The van der Waals surface area contributed by atoms with Gasteiger partial charge >= 0.3 is 5.97 Å². The molecule has 4 nitrogen and oxygen atoms in total. The molecule has 174 valence electrons. The Balaban J connectivity index is 1.29. The predicted molar refractivity (Wildman–Crippen MR) is 136 cm³/mol. The van der Waals surface area contributed by atoms with E-state index >= 15 is 0 Å². The highest BCUT2D eigenvalue weighted by Crippen LogP contribution is 2.39. The normalized spacial score (nSPS) is 16.0. The minimum atomic E-state index is -0.0788. The zero-order chi connectivity index (χ0) is 22.4. The number of unbranched alkanes of at least 4 members (excludes halogenated alkanes) is 1. The van der Waals surface area contributed by atoms with Crippen LogP contribution in [0.15, 0.2) is 60.7 Å². The monoisotopic (exact) mass is 473 g/mol. The van der Waals surface area contributed by atoms with Gasteiger partial charge in [0.2, 0.25) is 0 Å². The summed E-state index contributed by atoms with van der Waals surface area (Å²) in [6.45, 7) is 2.54. The Morgan fingerprint density at radius 3 is 2.28 bits per heavy atom. The van der Waals surface area contributed by atoms with Gasteiger partial charge in [0.25, 0.3) is 0 Å². The molecule has 2 aromatic carbocycles. The van der Waals surface area contributed by atoms with Crippen molar-refractivity contribution < 1.29 is 14.3 Å². The van der Waals surface area contributed by atoms with E-state index in [1.165, 1.54) is 18.6 Å². The molecular weight excluding hydrogens is 438 g/mol. The maximum absolute atomic E-state index is 12.0. The van der Waals surface area contributed by atoms with Crippen molar-refractivity contribution in [3.05, 3.63) is 71.8 Å². The highest BCUT2D eigenvalue weighted by atomic mass is 33.1. The molecule has 6 heteroatoms. The number of esters is 1. The van der Waals surface area contributed by atoms with Gasteiger partial charge in [0, 0.05) is 30.5 Å². The molecule has 0 bridgehead atoms. The minimum absolute atomic E-state index is 0.0729. The summed E-state index contributed by atoms with van der Waals surface area (Å²) >= 11 is 0. The van der Waals surface area contributed by atoms with Crippen LogP contribution >= 0.6 is 21.6 Å². The Hall–Kier alpha value is -1.47. The lowest BCUT2D eigenvalue weighted by atomic mass is 10.0. The van der Waals surface area contributed by atoms with Crippen molar-refractivity contribution in [3.63, 3.8) is 0 Å². The molecule has 0 N–H and O–H groups in total. The maximum atomic E-state index is 12.0. The number of benzene rings is 2. The zero-order valence-corrected chi connectivity index (χ0v) is 20.6. The first kappa shape index (κ1) is 25.2. The van der Waals surface area contributed by atoms with Crippen LogP contribution < -0.4 is 0 Å². The van der Waals surface area contributed by atoms with Crippen molar-refractivity contribution in [2.24, 2.45) is 0 Å². The highest BCUT2D eigenvalue weighted by Gasteiger charge is 2.16. The number of hydrogen-bond acceptors (Lipinski definition) is 6. The van der Waals surface area contributed by atoms with E-state index < -0.39 is 0 Å². The second-order valence-electron chi connectivity index (χ2n) is 8.17. The molecule has 1 fully saturated rings. The van der Waals surface area contributed by atoms with Gasteiger partial charge in [-0.3, -0.25) is 4.79 Å². The summed E-state index contributed by atoms with van der Waals surface area (Å²) in [6.07, 6.45) is 5.05. The fourth-order valence-electron chi connectivity index (χ4n) is 3.67. The third-order valence-corrected chi connectivity index (χ3v) is 8.59. The molecule has 0 radical (unpaired) electrons. The van der Waals surface area contributed by atoms with Gasteiger partial charge in [-0.1, -0.05) is 88.7 Å². The topological polar surface area (TPSA) is 38.8 Å². The molecule has 1 aliphatic rings. The summed E-state index contributed by atoms with van der Waals surface area (Å²) < 4.78 is 11.7. The Labute approximate surface area is 200 Å². The van der Waals surface area contributed by atoms with Crippen molar-refractivity contribution in [2.75, 3.05) is 39.1 Å². The average molecular weight is 474 g/mol. The molecule has 32 heavy (non-hydrogen) atoms. The molecule has 0 amide bonds. The molecular formula is C26H35NO3S2. The van der Waals surface area contributed by atoms with Crippen LogP contribution in [0, 0.1) is 0 Å². The van der Waals surface area contributed by atoms with Gasteiger partial charge in [0.1, 0.15) is 12.7 Å². The van der Waals surface area contributed by atoms with Crippen LogP contribution in [0.5, 0.6) is 0 Å². The first-order valence-corrected chi connectivity index (χ1v) is 13.9. The lowest BCUT2D eigenvalue weighted by Gasteiger charge is -2.22. The molecule has 1 saturated heterocycles. The third kappa shape index (κ3) is 9.18. The summed E-state index contributed by atoms with van der Waals surface area (Å²) in [7, 11) is 6.02. The molecule has 0 aliphatic carbocycles. The summed E-state index contributed by atoms with van der Waals surface area (Å²) in [6, 6.07) is 20.6. The fourth-order valence-corrected chi connectivity index (χ4v) is 6.70. The first-order chi connectivity index (χ1) is 15.7. The van der Waals surface area contributed by atoms with Gasteiger partial charge in [0.05, 0.1) is 6.61 Å². The standard InChI is InChI=1S/C26H35NO3S2/c1-27(17-19-29-25(28)15-9-8-14-24-16-21-31-32-24)18-20-30-26(22-10-4-2-5-11-22)23-12-6-3-7-13-23/h2-7,10-13,24,26H,8-9,14-21H2,1H3/t24-/m1/s1. The number of likely N-dealkylation sites (N-methyl/N-ethyl adjacent to an activating group) is 1. The smallest absolute Gasteiger partial charge is 0.305 e. The van der Waals surface area contributed by atoms with Gasteiger partial charge in [-0.05, 0) is 37.4 Å². The van der Waals surface area contributed by atoms with Crippen molar-refractivity contribution >= 4 is 27.6 Å². The van der Waals surface area contributed by atoms with Crippen LogP contribution in [0.4, 0.5) is 0 Å². The van der Waals surface area contributed by atoms with Crippen molar-refractivity contribution in [3.8, 4) is 0 Å². The molecule has 1 atom stereocenters. The number of nitrogens with zero attached hydrogens (tertiary/aromatic N) is 1. The second kappa shape index (κ2) is 14.6. The number of rotatable bonds is 14. The molecule has 0 unspecified atom stereocenters. The van der Waals surface area contributed by atoms with E-state index in [1.54, 1.807) is 0 Å². The minimum Gasteiger partial charge on any atom is -0.464 e. The first-order valence-electron chi connectivity index (χ1n) is 11.6. The van der Waals surface area contributed by atoms with Gasteiger partial charge in [-0.25, -0.2) is 0 Å². The predicted octanol–water partition coefficient (Wildman–Crippen LogP) is 5.98. The van der Waals surface area contributed by atoms with Crippen LogP contribution in [0.2, 0.25) is 0 Å². The maximum Gasteiger partial charge on any atom is 0.305 e. The van der Waals surface area contributed by atoms with E-state index in [9.17, 15) is 4.79 Å². The molecule has 1 aliphatic heterocycles. The number of carbonyl (C=O) groups excluding carboxylic acids is 1. The molecule has 0 saturated carbocycles. The highest BCUT2D eigenvalue weighted by molar-refractivity contribution is 8.77. The van der Waals surface area contributed by atoms with E-state index in [-0.39, 0.29) is 12.1 Å². The summed E-state index contributed by atoms with van der Waals surface area (Å²) in [4.78, 5) is 14.1. The number of ether oxygens (including phenoxy) is 2. The second-order valence-corrected chi connectivity index (χ2v) is 11.0. The largest absolute Gasteiger partial charge is 0.464 e. The molecule has 3 rings (SSSR count). The Bertz CT molecular complexity index is 730. The quantitative estimate of drug-likeness (QED) is 0.191. The van der Waals surface area contributed by atoms with Crippen molar-refractivity contribution in [1.29, 1.82) is 0 Å². The fraction of sp³-hybridized carbons (Fsp3) is 0.500. The Morgan fingerprint density at radius 2 is 1.66 bits per heavy atom. The molecule has 2 aromatic rings. The van der Waals surface area contributed by atoms with E-state index in [2.05, 4.69) is 29.2 Å². The Morgan fingerprint density at radius 1 is 1.00 bits per heavy atom. The van der Waals surface area contributed by atoms with Crippen molar-refractivity contribution in [1.82, 2.24) is 4.90 Å². The van der Waals surface area contributed by atoms with Crippen LogP contribution in [-0.4, -0.2) is 55.2 Å². The van der Waals surface area contributed by atoms with Crippen LogP contribution in [0.25, 0.3) is 0 Å². The van der Waals surface area contributed by atoms with Crippen LogP contribution in [0.1, 0.15) is 49.3 Å². The lowest BCUT2D eigenvalue weighted by Crippen LogP contribution is -2.28. The van der Waals surface area contributed by atoms with Crippen LogP contribution in [0.3, 0.4) is 0 Å². The molecule has 1 heterocycles. The van der Waals surface area contributed by atoms with E-state index in [1.807, 2.05) is 65.0 Å². The SMILES string of the molecule is CN(CCOC(=O)CCCC[C@@H]1CCSS1)CCOC(c1ccccc1)c1ccccc1. The van der Waals surface area contributed by atoms with Gasteiger partial charge in [-0.2, -0.15) is 0 Å². The summed E-state index contributed by atoms with van der Waals surface area (Å²) in [5.41, 5.74) is 2.31. The Kier molecular flexibility index (Phi) is 11.5. The third-order valence-electron chi connectivity index (χ3n) is 5.58. The lowest BCUT2D eigenvalue weighted by molar-refractivity contribution is -0.144. The van der Waals surface area contributed by atoms with E-state index in [0.29, 0.717) is 26.2 Å². The van der Waals surface area contributed by atoms with E-state index in [0.717, 1.165) is 35.8 Å². The van der Waals surface area contributed by atoms with Gasteiger partial charge in [-0.15, -0.1) is 0 Å². The van der Waals surface area contributed by atoms with Gasteiger partial charge in [0.15, 0.2) is 0 Å². The number of carbonyl (C=O) groups is 1. The van der Waals surface area contributed by atoms with Crippen molar-refractivity contribution in [2.45, 2.75) is 43.5 Å². The summed E-state index contributed by atoms with van der Waals surface area (Å²) in [5.74, 6) is 1.20.